The van der Waals surface area contributed by atoms with Crippen molar-refractivity contribution in [2.75, 3.05) is 0 Å². The zero-order chi connectivity index (χ0) is 14.5. The second-order valence-electron chi connectivity index (χ2n) is 5.08. The smallest absolute Gasteiger partial charge is 0.240 e. The molecule has 0 unspecified atom stereocenters. The molecular formula is C17H26N2O. The molecule has 20 heavy (non-hydrogen) atoms. The van der Waals surface area contributed by atoms with Gasteiger partial charge in [0.15, 0.2) is 0 Å². The van der Waals surface area contributed by atoms with Crippen LogP contribution >= 0.6 is 0 Å². The van der Waals surface area contributed by atoms with E-state index in [-0.39, 0.29) is 5.91 Å². The third-order valence-corrected chi connectivity index (χ3v) is 3.21. The first-order valence-corrected chi connectivity index (χ1v) is 7.70. The molecule has 0 aliphatic heterocycles. The van der Waals surface area contributed by atoms with Crippen molar-refractivity contribution in [3.63, 3.8) is 0 Å². The zero-order valence-corrected chi connectivity index (χ0v) is 12.5. The number of nitrogens with zero attached hydrogens (tertiary/aromatic N) is 1. The molecule has 0 aromatic heterocycles. The lowest BCUT2D eigenvalue weighted by atomic mass is 10.1. The number of carbonyl (C=O) groups is 1. The minimum atomic E-state index is 0.00531. The second-order valence-corrected chi connectivity index (χ2v) is 5.08. The molecule has 0 atom stereocenters. The van der Waals surface area contributed by atoms with E-state index in [0.717, 1.165) is 18.4 Å². The average molecular weight is 274 g/mol. The molecular weight excluding hydrogens is 248 g/mol. The SMILES string of the molecule is CCCCCCCCCC(=O)N/N=C/c1ccccc1. The fraction of sp³-hybridized carbons (Fsp3) is 0.529. The number of amides is 1. The van der Waals surface area contributed by atoms with Gasteiger partial charge in [0.2, 0.25) is 5.91 Å². The van der Waals surface area contributed by atoms with E-state index in [1.54, 1.807) is 6.21 Å². The Morgan fingerprint density at radius 2 is 1.70 bits per heavy atom. The predicted octanol–water partition coefficient (Wildman–Crippen LogP) is 4.28. The maximum atomic E-state index is 11.5. The average Bonchev–Trinajstić information content (AvgIpc) is 2.47. The second kappa shape index (κ2) is 11.2. The van der Waals surface area contributed by atoms with Gasteiger partial charge in [-0.3, -0.25) is 4.79 Å². The van der Waals surface area contributed by atoms with Crippen LogP contribution in [0, 0.1) is 0 Å². The fourth-order valence-corrected chi connectivity index (χ4v) is 2.02. The van der Waals surface area contributed by atoms with Crippen molar-refractivity contribution in [3.05, 3.63) is 35.9 Å². The summed E-state index contributed by atoms with van der Waals surface area (Å²) in [5.74, 6) is 0.00531. The molecule has 0 radical (unpaired) electrons. The van der Waals surface area contributed by atoms with Gasteiger partial charge in [-0.2, -0.15) is 5.10 Å². The van der Waals surface area contributed by atoms with Crippen LogP contribution in [-0.2, 0) is 4.79 Å². The van der Waals surface area contributed by atoms with E-state index in [0.29, 0.717) is 6.42 Å². The fourth-order valence-electron chi connectivity index (χ4n) is 2.02. The van der Waals surface area contributed by atoms with E-state index in [9.17, 15) is 4.79 Å². The first kappa shape index (κ1) is 16.4. The van der Waals surface area contributed by atoms with Crippen molar-refractivity contribution in [3.8, 4) is 0 Å². The molecule has 0 saturated carbocycles. The molecule has 0 saturated heterocycles. The molecule has 0 aliphatic carbocycles. The van der Waals surface area contributed by atoms with E-state index in [1.807, 2.05) is 30.3 Å². The van der Waals surface area contributed by atoms with Crippen LogP contribution in [-0.4, -0.2) is 12.1 Å². The monoisotopic (exact) mass is 274 g/mol. The van der Waals surface area contributed by atoms with Crippen molar-refractivity contribution in [2.45, 2.75) is 58.3 Å². The number of hydrogen-bond acceptors (Lipinski definition) is 2. The summed E-state index contributed by atoms with van der Waals surface area (Å²) in [6.07, 6.45) is 10.8. The van der Waals surface area contributed by atoms with Gasteiger partial charge < -0.3 is 0 Å². The number of rotatable bonds is 10. The minimum absolute atomic E-state index is 0.00531. The Kier molecular flexibility index (Phi) is 9.20. The van der Waals surface area contributed by atoms with Crippen molar-refractivity contribution >= 4 is 12.1 Å². The lowest BCUT2D eigenvalue weighted by Gasteiger charge is -2.01. The van der Waals surface area contributed by atoms with Gasteiger partial charge in [0, 0.05) is 6.42 Å². The topological polar surface area (TPSA) is 41.5 Å². The molecule has 1 aromatic rings. The van der Waals surface area contributed by atoms with Gasteiger partial charge in [-0.25, -0.2) is 5.43 Å². The molecule has 0 heterocycles. The first-order chi connectivity index (χ1) is 9.83. The number of hydrazone groups is 1. The highest BCUT2D eigenvalue weighted by Gasteiger charge is 1.99. The molecule has 0 aliphatic rings. The third-order valence-electron chi connectivity index (χ3n) is 3.21. The summed E-state index contributed by atoms with van der Waals surface area (Å²) in [5.41, 5.74) is 3.56. The van der Waals surface area contributed by atoms with Crippen LogP contribution in [0.2, 0.25) is 0 Å². The minimum Gasteiger partial charge on any atom is -0.273 e. The van der Waals surface area contributed by atoms with Gasteiger partial charge in [-0.1, -0.05) is 75.8 Å². The van der Waals surface area contributed by atoms with Gasteiger partial charge in [-0.15, -0.1) is 0 Å². The summed E-state index contributed by atoms with van der Waals surface area (Å²) in [5, 5.41) is 3.96. The molecule has 3 nitrogen and oxygen atoms in total. The van der Waals surface area contributed by atoms with Crippen molar-refractivity contribution in [1.29, 1.82) is 0 Å². The van der Waals surface area contributed by atoms with Crippen molar-refractivity contribution in [1.82, 2.24) is 5.43 Å². The first-order valence-electron chi connectivity index (χ1n) is 7.70. The summed E-state index contributed by atoms with van der Waals surface area (Å²) in [6.45, 7) is 2.22. The number of benzene rings is 1. The highest BCUT2D eigenvalue weighted by atomic mass is 16.2. The highest BCUT2D eigenvalue weighted by Crippen LogP contribution is 2.08. The van der Waals surface area contributed by atoms with Gasteiger partial charge in [-0.05, 0) is 12.0 Å². The standard InChI is InChI=1S/C17H26N2O/c1-2-3-4-5-6-7-11-14-17(20)19-18-15-16-12-9-8-10-13-16/h8-10,12-13,15H,2-7,11,14H2,1H3,(H,19,20)/b18-15+. The Balaban J connectivity index is 2.02. The van der Waals surface area contributed by atoms with Crippen LogP contribution in [0.25, 0.3) is 0 Å². The van der Waals surface area contributed by atoms with Gasteiger partial charge in [0.1, 0.15) is 0 Å². The molecule has 3 heteroatoms. The van der Waals surface area contributed by atoms with E-state index >= 15 is 0 Å². The summed E-state index contributed by atoms with van der Waals surface area (Å²) < 4.78 is 0. The lowest BCUT2D eigenvalue weighted by molar-refractivity contribution is -0.121. The largest absolute Gasteiger partial charge is 0.273 e. The highest BCUT2D eigenvalue weighted by molar-refractivity contribution is 5.82. The number of carbonyl (C=O) groups excluding carboxylic acids is 1. The molecule has 0 bridgehead atoms. The Morgan fingerprint density at radius 3 is 2.40 bits per heavy atom. The van der Waals surface area contributed by atoms with Crippen molar-refractivity contribution < 1.29 is 4.79 Å². The van der Waals surface area contributed by atoms with Crippen molar-refractivity contribution in [2.24, 2.45) is 5.10 Å². The Hall–Kier alpha value is -1.64. The van der Waals surface area contributed by atoms with E-state index in [1.165, 1.54) is 32.1 Å². The Morgan fingerprint density at radius 1 is 1.05 bits per heavy atom. The molecule has 0 fully saturated rings. The maximum Gasteiger partial charge on any atom is 0.240 e. The van der Waals surface area contributed by atoms with Crippen LogP contribution in [0.4, 0.5) is 0 Å². The number of hydrogen-bond donors (Lipinski definition) is 1. The molecule has 0 spiro atoms. The predicted molar refractivity (Wildman–Crippen MR) is 84.8 cm³/mol. The van der Waals surface area contributed by atoms with Crippen LogP contribution in [0.5, 0.6) is 0 Å². The molecule has 1 N–H and O–H groups in total. The lowest BCUT2D eigenvalue weighted by Crippen LogP contribution is -2.16. The summed E-state index contributed by atoms with van der Waals surface area (Å²) in [4.78, 5) is 11.5. The van der Waals surface area contributed by atoms with E-state index in [2.05, 4.69) is 17.5 Å². The van der Waals surface area contributed by atoms with Crippen LogP contribution in [0.15, 0.2) is 35.4 Å². The number of unbranched alkanes of at least 4 members (excludes halogenated alkanes) is 6. The van der Waals surface area contributed by atoms with Gasteiger partial charge >= 0.3 is 0 Å². The molecule has 110 valence electrons. The summed E-state index contributed by atoms with van der Waals surface area (Å²) in [6, 6.07) is 9.75. The van der Waals surface area contributed by atoms with Crippen LogP contribution in [0.3, 0.4) is 0 Å². The zero-order valence-electron chi connectivity index (χ0n) is 12.5. The van der Waals surface area contributed by atoms with E-state index < -0.39 is 0 Å². The van der Waals surface area contributed by atoms with Gasteiger partial charge in [0.25, 0.3) is 0 Å². The van der Waals surface area contributed by atoms with Gasteiger partial charge in [0.05, 0.1) is 6.21 Å². The van der Waals surface area contributed by atoms with Crippen LogP contribution in [0.1, 0.15) is 63.9 Å². The van der Waals surface area contributed by atoms with E-state index in [4.69, 9.17) is 0 Å². The summed E-state index contributed by atoms with van der Waals surface area (Å²) in [7, 11) is 0. The molecule has 1 amide bonds. The quantitative estimate of drug-likeness (QED) is 0.386. The third kappa shape index (κ3) is 8.46. The number of nitrogens with one attached hydrogen (secondary N) is 1. The molecule has 1 rings (SSSR count). The Bertz CT molecular complexity index is 387. The van der Waals surface area contributed by atoms with Crippen LogP contribution < -0.4 is 5.43 Å². The molecule has 1 aromatic carbocycles. The maximum absolute atomic E-state index is 11.5. The summed E-state index contributed by atoms with van der Waals surface area (Å²) >= 11 is 0. The Labute approximate surface area is 122 Å². The normalized spacial score (nSPS) is 10.8.